The third-order valence-corrected chi connectivity index (χ3v) is 4.18. The van der Waals surface area contributed by atoms with Crippen molar-refractivity contribution in [2.75, 3.05) is 19.4 Å². The fourth-order valence-electron chi connectivity index (χ4n) is 2.15. The quantitative estimate of drug-likeness (QED) is 0.804. The van der Waals surface area contributed by atoms with Crippen molar-refractivity contribution >= 4 is 39.1 Å². The highest BCUT2D eigenvalue weighted by atomic mass is 32.1. The highest BCUT2D eigenvalue weighted by molar-refractivity contribution is 7.16. The predicted octanol–water partition coefficient (Wildman–Crippen LogP) is 3.25. The maximum absolute atomic E-state index is 12.3. The zero-order chi connectivity index (χ0) is 16.4. The topological polar surface area (TPSA) is 62.3 Å². The van der Waals surface area contributed by atoms with Gasteiger partial charge in [0.15, 0.2) is 0 Å². The first-order valence-corrected chi connectivity index (χ1v) is 7.89. The van der Waals surface area contributed by atoms with Gasteiger partial charge in [0, 0.05) is 30.9 Å². The average Bonchev–Trinajstić information content (AvgIpc) is 3.02. The minimum atomic E-state index is -0.188. The second-order valence-corrected chi connectivity index (χ2v) is 6.15. The molecular formula is C17H15N3O2S. The second-order valence-electron chi connectivity index (χ2n) is 5.27. The molecule has 2 amide bonds. The van der Waals surface area contributed by atoms with Crippen LogP contribution < -0.4 is 5.32 Å². The van der Waals surface area contributed by atoms with Crippen molar-refractivity contribution in [2.24, 2.45) is 0 Å². The van der Waals surface area contributed by atoms with Crippen LogP contribution in [0.4, 0.5) is 5.69 Å². The van der Waals surface area contributed by atoms with E-state index in [9.17, 15) is 9.59 Å². The molecule has 1 aromatic heterocycles. The van der Waals surface area contributed by atoms with Gasteiger partial charge in [-0.3, -0.25) is 9.59 Å². The van der Waals surface area contributed by atoms with Gasteiger partial charge in [0.1, 0.15) is 0 Å². The number of aromatic nitrogens is 1. The molecule has 0 aliphatic carbocycles. The van der Waals surface area contributed by atoms with Gasteiger partial charge in [-0.25, -0.2) is 4.98 Å². The number of nitrogens with zero attached hydrogens (tertiary/aromatic N) is 2. The normalized spacial score (nSPS) is 10.5. The van der Waals surface area contributed by atoms with Crippen molar-refractivity contribution in [3.8, 4) is 0 Å². The van der Waals surface area contributed by atoms with Gasteiger partial charge in [-0.2, -0.15) is 0 Å². The zero-order valence-electron chi connectivity index (χ0n) is 12.7. The number of hydrogen-bond donors (Lipinski definition) is 1. The number of thiazole rings is 1. The molecule has 6 heteroatoms. The highest BCUT2D eigenvalue weighted by Gasteiger charge is 2.10. The molecule has 0 bridgehead atoms. The number of rotatable bonds is 3. The smallest absolute Gasteiger partial charge is 0.255 e. The van der Waals surface area contributed by atoms with Gasteiger partial charge < -0.3 is 10.2 Å². The molecular weight excluding hydrogens is 310 g/mol. The molecule has 3 aromatic rings. The van der Waals surface area contributed by atoms with E-state index in [1.165, 1.54) is 16.2 Å². The second kappa shape index (κ2) is 6.18. The van der Waals surface area contributed by atoms with Gasteiger partial charge >= 0.3 is 0 Å². The lowest BCUT2D eigenvalue weighted by atomic mass is 10.1. The number of anilines is 1. The molecule has 5 nitrogen and oxygen atoms in total. The van der Waals surface area contributed by atoms with Crippen LogP contribution in [0.3, 0.4) is 0 Å². The number of hydrogen-bond acceptors (Lipinski definition) is 4. The number of amides is 2. The van der Waals surface area contributed by atoms with Gasteiger partial charge in [-0.15, -0.1) is 11.3 Å². The van der Waals surface area contributed by atoms with Gasteiger partial charge in [-0.05, 0) is 42.5 Å². The maximum atomic E-state index is 12.3. The lowest BCUT2D eigenvalue weighted by Crippen LogP contribution is -2.21. The summed E-state index contributed by atoms with van der Waals surface area (Å²) in [5.74, 6) is -0.259. The predicted molar refractivity (Wildman–Crippen MR) is 92.0 cm³/mol. The molecule has 2 aromatic carbocycles. The zero-order valence-corrected chi connectivity index (χ0v) is 13.6. The number of fused-ring (bicyclic) bond motifs is 1. The lowest BCUT2D eigenvalue weighted by molar-refractivity contribution is 0.0827. The average molecular weight is 325 g/mol. The van der Waals surface area contributed by atoms with Crippen LogP contribution in [0.5, 0.6) is 0 Å². The summed E-state index contributed by atoms with van der Waals surface area (Å²) < 4.78 is 0.976. The number of carbonyl (C=O) groups is 2. The van der Waals surface area contributed by atoms with Crippen molar-refractivity contribution in [2.45, 2.75) is 0 Å². The summed E-state index contributed by atoms with van der Waals surface area (Å²) in [6, 6.07) is 12.3. The largest absolute Gasteiger partial charge is 0.345 e. The van der Waals surface area contributed by atoms with Crippen molar-refractivity contribution in [1.29, 1.82) is 0 Å². The first-order chi connectivity index (χ1) is 11.0. The van der Waals surface area contributed by atoms with E-state index >= 15 is 0 Å². The molecule has 0 aliphatic rings. The molecule has 0 saturated carbocycles. The Morgan fingerprint density at radius 3 is 2.43 bits per heavy atom. The first-order valence-electron chi connectivity index (χ1n) is 7.01. The molecule has 23 heavy (non-hydrogen) atoms. The molecule has 3 rings (SSSR count). The Morgan fingerprint density at radius 1 is 1.04 bits per heavy atom. The van der Waals surface area contributed by atoms with Crippen LogP contribution in [0.1, 0.15) is 20.7 Å². The number of benzene rings is 2. The van der Waals surface area contributed by atoms with Crippen LogP contribution in [-0.2, 0) is 0 Å². The molecule has 1 heterocycles. The summed E-state index contributed by atoms with van der Waals surface area (Å²) in [6.45, 7) is 0. The fourth-order valence-corrected chi connectivity index (χ4v) is 2.87. The highest BCUT2D eigenvalue weighted by Crippen LogP contribution is 2.20. The Morgan fingerprint density at radius 2 is 1.74 bits per heavy atom. The van der Waals surface area contributed by atoms with Crippen LogP contribution in [-0.4, -0.2) is 35.8 Å². The molecule has 0 radical (unpaired) electrons. The van der Waals surface area contributed by atoms with Crippen LogP contribution >= 0.6 is 11.3 Å². The van der Waals surface area contributed by atoms with Crippen molar-refractivity contribution < 1.29 is 9.59 Å². The van der Waals surface area contributed by atoms with Gasteiger partial charge in [0.2, 0.25) is 0 Å². The molecule has 1 N–H and O–H groups in total. The Bertz CT molecular complexity index is 869. The van der Waals surface area contributed by atoms with Crippen LogP contribution in [0, 0.1) is 0 Å². The van der Waals surface area contributed by atoms with Crippen molar-refractivity contribution in [3.05, 3.63) is 59.1 Å². The Balaban J connectivity index is 1.75. The number of nitrogens with one attached hydrogen (secondary N) is 1. The molecule has 116 valence electrons. The van der Waals surface area contributed by atoms with E-state index < -0.39 is 0 Å². The van der Waals surface area contributed by atoms with E-state index in [2.05, 4.69) is 10.3 Å². The van der Waals surface area contributed by atoms with E-state index in [1.54, 1.807) is 49.9 Å². The van der Waals surface area contributed by atoms with Gasteiger partial charge in [0.05, 0.1) is 15.7 Å². The summed E-state index contributed by atoms with van der Waals surface area (Å²) in [5.41, 5.74) is 4.45. The monoisotopic (exact) mass is 325 g/mol. The summed E-state index contributed by atoms with van der Waals surface area (Å²) >= 11 is 1.50. The molecule has 0 unspecified atom stereocenters. The SMILES string of the molecule is CN(C)C(=O)c1ccc(NC(=O)c2ccc3ncsc3c2)cc1. The van der Waals surface area contributed by atoms with E-state index in [0.29, 0.717) is 16.8 Å². The van der Waals surface area contributed by atoms with E-state index in [0.717, 1.165) is 10.2 Å². The first kappa shape index (κ1) is 15.2. The summed E-state index contributed by atoms with van der Waals surface area (Å²) in [5, 5.41) is 2.83. The fraction of sp³-hybridized carbons (Fsp3) is 0.118. The molecule has 0 fully saturated rings. The van der Waals surface area contributed by atoms with Crippen LogP contribution in [0.2, 0.25) is 0 Å². The van der Waals surface area contributed by atoms with Crippen molar-refractivity contribution in [1.82, 2.24) is 9.88 Å². The minimum absolute atomic E-state index is 0.0708. The van der Waals surface area contributed by atoms with Gasteiger partial charge in [0.25, 0.3) is 11.8 Å². The van der Waals surface area contributed by atoms with E-state index in [-0.39, 0.29) is 11.8 Å². The standard InChI is InChI=1S/C17H15N3O2S/c1-20(2)17(22)11-3-6-13(7-4-11)19-16(21)12-5-8-14-15(9-12)23-10-18-14/h3-10H,1-2H3,(H,19,21). The Kier molecular flexibility index (Phi) is 4.08. The number of carbonyl (C=O) groups excluding carboxylic acids is 2. The molecule has 0 saturated heterocycles. The minimum Gasteiger partial charge on any atom is -0.345 e. The third kappa shape index (κ3) is 3.22. The summed E-state index contributed by atoms with van der Waals surface area (Å²) in [6.07, 6.45) is 0. The Hall–Kier alpha value is -2.73. The van der Waals surface area contributed by atoms with E-state index in [1.807, 2.05) is 12.1 Å². The molecule has 0 spiro atoms. The lowest BCUT2D eigenvalue weighted by Gasteiger charge is -2.11. The molecule has 0 atom stereocenters. The van der Waals surface area contributed by atoms with Crippen LogP contribution in [0.15, 0.2) is 48.0 Å². The van der Waals surface area contributed by atoms with Crippen LogP contribution in [0.25, 0.3) is 10.2 Å². The van der Waals surface area contributed by atoms with Crippen molar-refractivity contribution in [3.63, 3.8) is 0 Å². The van der Waals surface area contributed by atoms with E-state index in [4.69, 9.17) is 0 Å². The van der Waals surface area contributed by atoms with Gasteiger partial charge in [-0.1, -0.05) is 0 Å². The summed E-state index contributed by atoms with van der Waals surface area (Å²) in [7, 11) is 3.40. The Labute approximate surface area is 137 Å². The maximum Gasteiger partial charge on any atom is 0.255 e. The third-order valence-electron chi connectivity index (χ3n) is 3.39. The summed E-state index contributed by atoms with van der Waals surface area (Å²) in [4.78, 5) is 29.8. The molecule has 0 aliphatic heterocycles.